The molecule has 1 atom stereocenters. The van der Waals surface area contributed by atoms with E-state index in [0.29, 0.717) is 40.5 Å². The van der Waals surface area contributed by atoms with Gasteiger partial charge >= 0.3 is 0 Å². The molecule has 134 valence electrons. The van der Waals surface area contributed by atoms with Crippen LogP contribution in [0.15, 0.2) is 29.3 Å². The highest BCUT2D eigenvalue weighted by molar-refractivity contribution is 6.30. The number of benzene rings is 2. The number of aliphatic hydroxyl groups is 1. The minimum atomic E-state index is -0.995. The Hall–Kier alpha value is -2.66. The molecule has 26 heavy (non-hydrogen) atoms. The molecule has 0 amide bonds. The molecule has 0 heterocycles. The van der Waals surface area contributed by atoms with Gasteiger partial charge in [-0.1, -0.05) is 12.1 Å². The molecule has 0 aromatic heterocycles. The molecule has 2 aromatic rings. The molecule has 0 bridgehead atoms. The average Bonchev–Trinajstić information content (AvgIpc) is 2.59. The maximum absolute atomic E-state index is 13.1. The summed E-state index contributed by atoms with van der Waals surface area (Å²) in [5.41, 5.74) is 0.866. The molecule has 4 rings (SSSR count). The van der Waals surface area contributed by atoms with Gasteiger partial charge in [0.05, 0.1) is 23.7 Å². The fourth-order valence-electron chi connectivity index (χ4n) is 4.12. The molecule has 5 heteroatoms. The molecule has 5 nitrogen and oxygen atoms in total. The summed E-state index contributed by atoms with van der Waals surface area (Å²) in [4.78, 5) is 26.1. The highest BCUT2D eigenvalue weighted by Gasteiger charge is 2.41. The molecule has 0 unspecified atom stereocenters. The number of carbonyl (C=O) groups is 2. The number of ether oxygens (including phenoxy) is 1. The second-order valence-corrected chi connectivity index (χ2v) is 7.45. The molecule has 0 fully saturated rings. The number of carbonyl (C=O) groups excluding carboxylic acids is 2. The van der Waals surface area contributed by atoms with E-state index in [0.717, 1.165) is 5.56 Å². The van der Waals surface area contributed by atoms with Crippen LogP contribution in [0.4, 0.5) is 0 Å². The lowest BCUT2D eigenvalue weighted by Crippen LogP contribution is -2.35. The van der Waals surface area contributed by atoms with Crippen molar-refractivity contribution in [1.29, 1.82) is 0 Å². The first kappa shape index (κ1) is 16.8. The third-order valence-corrected chi connectivity index (χ3v) is 5.49. The number of hydrogen-bond acceptors (Lipinski definition) is 5. The maximum Gasteiger partial charge on any atom is 0.193 e. The number of ketones is 2. The molecule has 2 N–H and O–H groups in total. The van der Waals surface area contributed by atoms with Crippen molar-refractivity contribution in [2.75, 3.05) is 7.11 Å². The number of phenols is 1. The van der Waals surface area contributed by atoms with Crippen LogP contribution in [0, 0.1) is 6.92 Å². The van der Waals surface area contributed by atoms with Crippen LogP contribution in [0.5, 0.6) is 11.5 Å². The number of Topliss-reactive ketones (excluding diaryl/α,β-unsaturated/α-hetero) is 2. The lowest BCUT2D eigenvalue weighted by molar-refractivity contribution is 0.0432. The van der Waals surface area contributed by atoms with Crippen molar-refractivity contribution in [2.45, 2.75) is 38.7 Å². The van der Waals surface area contributed by atoms with E-state index in [9.17, 15) is 19.8 Å². The number of aryl methyl sites for hydroxylation is 1. The van der Waals surface area contributed by atoms with E-state index < -0.39 is 5.60 Å². The highest BCUT2D eigenvalue weighted by Crippen LogP contribution is 2.46. The van der Waals surface area contributed by atoms with Gasteiger partial charge in [0.1, 0.15) is 11.5 Å². The predicted octanol–water partition coefficient (Wildman–Crippen LogP) is 3.47. The van der Waals surface area contributed by atoms with Gasteiger partial charge in [-0.05, 0) is 43.7 Å². The zero-order valence-corrected chi connectivity index (χ0v) is 15.0. The standard InChI is InChI=1S/C21H20O5/c1-10-4-5-11-8-13-16(19(24)15(11)20(10)26-3)18(23)12-6-7-21(2,25)9-14(12)17(13)22/h4-5,8,24-25H,6-7,9H2,1-3H3/t21-/m0/s1. The van der Waals surface area contributed by atoms with Gasteiger partial charge in [0.25, 0.3) is 0 Å². The van der Waals surface area contributed by atoms with Gasteiger partial charge in [0, 0.05) is 23.1 Å². The van der Waals surface area contributed by atoms with Gasteiger partial charge in [-0.15, -0.1) is 0 Å². The minimum Gasteiger partial charge on any atom is -0.506 e. The van der Waals surface area contributed by atoms with E-state index in [1.807, 2.05) is 13.0 Å². The number of methoxy groups -OCH3 is 1. The summed E-state index contributed by atoms with van der Waals surface area (Å²) < 4.78 is 5.42. The van der Waals surface area contributed by atoms with Crippen LogP contribution in [-0.4, -0.2) is 34.5 Å². The second kappa shape index (κ2) is 5.42. The Morgan fingerprint density at radius 3 is 2.58 bits per heavy atom. The summed E-state index contributed by atoms with van der Waals surface area (Å²) >= 11 is 0. The molecule has 2 aliphatic rings. The molecule has 2 aromatic carbocycles. The van der Waals surface area contributed by atoms with Crippen LogP contribution in [-0.2, 0) is 0 Å². The van der Waals surface area contributed by atoms with Crippen molar-refractivity contribution in [2.24, 2.45) is 0 Å². The van der Waals surface area contributed by atoms with Gasteiger partial charge in [-0.2, -0.15) is 0 Å². The average molecular weight is 352 g/mol. The van der Waals surface area contributed by atoms with E-state index >= 15 is 0 Å². The fraction of sp³-hybridized carbons (Fsp3) is 0.333. The summed E-state index contributed by atoms with van der Waals surface area (Å²) in [6.45, 7) is 3.53. The van der Waals surface area contributed by atoms with E-state index in [-0.39, 0.29) is 34.9 Å². The number of aromatic hydroxyl groups is 1. The molecular weight excluding hydrogens is 332 g/mol. The van der Waals surface area contributed by atoms with Crippen LogP contribution in [0.25, 0.3) is 10.8 Å². The summed E-state index contributed by atoms with van der Waals surface area (Å²) in [7, 11) is 1.51. The molecule has 0 spiro atoms. The quantitative estimate of drug-likeness (QED) is 0.821. The van der Waals surface area contributed by atoms with Crippen LogP contribution in [0.2, 0.25) is 0 Å². The van der Waals surface area contributed by atoms with Crippen molar-refractivity contribution >= 4 is 22.3 Å². The molecule has 0 radical (unpaired) electrons. The molecule has 0 saturated carbocycles. The summed E-state index contributed by atoms with van der Waals surface area (Å²) in [6.07, 6.45) is 0.897. The Balaban J connectivity index is 2.02. The third kappa shape index (κ3) is 2.20. The second-order valence-electron chi connectivity index (χ2n) is 7.45. The topological polar surface area (TPSA) is 83.8 Å². The normalized spacial score (nSPS) is 22.5. The van der Waals surface area contributed by atoms with Gasteiger partial charge in [-0.3, -0.25) is 9.59 Å². The summed E-state index contributed by atoms with van der Waals surface area (Å²) in [5.74, 6) is -0.325. The molecule has 0 saturated heterocycles. The van der Waals surface area contributed by atoms with Crippen LogP contribution in [0.3, 0.4) is 0 Å². The Morgan fingerprint density at radius 2 is 1.88 bits per heavy atom. The van der Waals surface area contributed by atoms with Crippen molar-refractivity contribution in [1.82, 2.24) is 0 Å². The minimum absolute atomic E-state index is 0.0479. The van der Waals surface area contributed by atoms with Crippen LogP contribution < -0.4 is 4.74 Å². The van der Waals surface area contributed by atoms with E-state index in [1.165, 1.54) is 7.11 Å². The summed E-state index contributed by atoms with van der Waals surface area (Å²) in [6, 6.07) is 5.28. The van der Waals surface area contributed by atoms with E-state index in [4.69, 9.17) is 4.74 Å². The maximum atomic E-state index is 13.1. The van der Waals surface area contributed by atoms with Crippen LogP contribution >= 0.6 is 0 Å². The highest BCUT2D eigenvalue weighted by atomic mass is 16.5. The largest absolute Gasteiger partial charge is 0.506 e. The number of fused-ring (bicyclic) bond motifs is 2. The molecule has 2 aliphatic carbocycles. The fourth-order valence-corrected chi connectivity index (χ4v) is 4.12. The van der Waals surface area contributed by atoms with Gasteiger partial charge in [-0.25, -0.2) is 0 Å². The van der Waals surface area contributed by atoms with Crippen molar-refractivity contribution in [3.63, 3.8) is 0 Å². The number of rotatable bonds is 1. The Morgan fingerprint density at radius 1 is 1.15 bits per heavy atom. The van der Waals surface area contributed by atoms with Crippen molar-refractivity contribution in [3.05, 3.63) is 46.0 Å². The lowest BCUT2D eigenvalue weighted by Gasteiger charge is -2.33. The number of allylic oxidation sites excluding steroid dienone is 1. The lowest BCUT2D eigenvalue weighted by atomic mass is 9.72. The van der Waals surface area contributed by atoms with Crippen molar-refractivity contribution < 1.29 is 24.5 Å². The summed E-state index contributed by atoms with van der Waals surface area (Å²) in [5, 5.41) is 22.3. The smallest absolute Gasteiger partial charge is 0.193 e. The first-order chi connectivity index (χ1) is 12.2. The van der Waals surface area contributed by atoms with E-state index in [1.54, 1.807) is 19.1 Å². The monoisotopic (exact) mass is 352 g/mol. The van der Waals surface area contributed by atoms with Gasteiger partial charge < -0.3 is 14.9 Å². The third-order valence-electron chi connectivity index (χ3n) is 5.49. The Bertz CT molecular complexity index is 1030. The molecular formula is C21H20O5. The first-order valence-electron chi connectivity index (χ1n) is 8.62. The predicted molar refractivity (Wildman–Crippen MR) is 97.1 cm³/mol. The zero-order chi connectivity index (χ0) is 18.8. The van der Waals surface area contributed by atoms with Gasteiger partial charge in [0.15, 0.2) is 11.6 Å². The van der Waals surface area contributed by atoms with Gasteiger partial charge in [0.2, 0.25) is 0 Å². The molecule has 0 aliphatic heterocycles. The Kier molecular flexibility index (Phi) is 3.50. The number of hydrogen-bond donors (Lipinski definition) is 2. The SMILES string of the molecule is COc1c(C)ccc2cc3c(c(O)c12)C(=O)C1=C(C[C@@](C)(O)CC1)C3=O. The zero-order valence-electron chi connectivity index (χ0n) is 15.0. The van der Waals surface area contributed by atoms with Crippen LogP contribution in [0.1, 0.15) is 52.5 Å². The van der Waals surface area contributed by atoms with E-state index in [2.05, 4.69) is 0 Å². The van der Waals surface area contributed by atoms with Crippen molar-refractivity contribution in [3.8, 4) is 11.5 Å². The number of phenolic OH excluding ortho intramolecular Hbond substituents is 1. The Labute approximate surface area is 150 Å². The first-order valence-corrected chi connectivity index (χ1v) is 8.62.